The van der Waals surface area contributed by atoms with E-state index in [1.54, 1.807) is 6.92 Å². The zero-order chi connectivity index (χ0) is 13.0. The van der Waals surface area contributed by atoms with Gasteiger partial charge in [0.15, 0.2) is 0 Å². The molecule has 1 atom stereocenters. The van der Waals surface area contributed by atoms with Crippen LogP contribution in [0.3, 0.4) is 0 Å². The number of aromatic nitrogens is 2. The predicted molar refractivity (Wildman–Crippen MR) is 57.1 cm³/mol. The molecular weight excluding hydrogens is 228 g/mol. The number of anilines is 1. The fourth-order valence-corrected chi connectivity index (χ4v) is 1.26. The Hall–Kier alpha value is -2.12. The van der Waals surface area contributed by atoms with E-state index in [1.165, 1.54) is 11.8 Å². The molecule has 0 fully saturated rings. The average Bonchev–Trinajstić information content (AvgIpc) is 2.70. The number of hydrogen-bond donors (Lipinski definition) is 2. The van der Waals surface area contributed by atoms with E-state index in [9.17, 15) is 9.59 Å². The van der Waals surface area contributed by atoms with Crippen LogP contribution in [-0.4, -0.2) is 45.3 Å². The number of hydrogen-bond acceptors (Lipinski definition) is 6. The maximum atomic E-state index is 11.9. The number of carbonyl (C=O) groups is 2. The average molecular weight is 242 g/mol. The van der Waals surface area contributed by atoms with Gasteiger partial charge in [0.1, 0.15) is 0 Å². The summed E-state index contributed by atoms with van der Waals surface area (Å²) < 4.78 is 4.32. The summed E-state index contributed by atoms with van der Waals surface area (Å²) in [6.45, 7) is 3.68. The lowest BCUT2D eigenvalue weighted by molar-refractivity contribution is -0.141. The quantitative estimate of drug-likeness (QED) is 0.734. The van der Waals surface area contributed by atoms with Crippen LogP contribution in [0.25, 0.3) is 0 Å². The molecule has 8 nitrogen and oxygen atoms in total. The van der Waals surface area contributed by atoms with Gasteiger partial charge in [-0.15, -0.1) is 0 Å². The molecule has 0 aliphatic rings. The lowest BCUT2D eigenvalue weighted by atomic mass is 10.1. The van der Waals surface area contributed by atoms with Crippen LogP contribution in [0.5, 0.6) is 0 Å². The summed E-state index contributed by atoms with van der Waals surface area (Å²) in [5.74, 6) is -2.22. The van der Waals surface area contributed by atoms with Crippen molar-refractivity contribution in [1.29, 1.82) is 0 Å². The highest BCUT2D eigenvalue weighted by molar-refractivity contribution is 5.96. The molecule has 0 saturated heterocycles. The third-order valence-corrected chi connectivity index (χ3v) is 2.30. The second-order valence-corrected chi connectivity index (χ2v) is 3.58. The first kappa shape index (κ1) is 12.9. The third-order valence-electron chi connectivity index (χ3n) is 2.30. The second-order valence-electron chi connectivity index (χ2n) is 3.58. The minimum Gasteiger partial charge on any atom is -0.481 e. The molecule has 0 bridgehead atoms. The summed E-state index contributed by atoms with van der Waals surface area (Å²) in [7, 11) is 0. The predicted octanol–water partition coefficient (Wildman–Crippen LogP) is -0.165. The van der Waals surface area contributed by atoms with Gasteiger partial charge >= 0.3 is 5.97 Å². The van der Waals surface area contributed by atoms with Gasteiger partial charge in [0.05, 0.1) is 5.92 Å². The van der Waals surface area contributed by atoms with Crippen LogP contribution in [0, 0.1) is 5.92 Å². The van der Waals surface area contributed by atoms with E-state index in [4.69, 9.17) is 10.8 Å². The number of amides is 1. The molecular formula is C9H14N4O4. The molecule has 0 aliphatic carbocycles. The van der Waals surface area contributed by atoms with Gasteiger partial charge in [-0.1, -0.05) is 6.92 Å². The number of rotatable bonds is 5. The van der Waals surface area contributed by atoms with Crippen LogP contribution in [-0.2, 0) is 4.79 Å². The Morgan fingerprint density at radius 3 is 2.59 bits per heavy atom. The van der Waals surface area contributed by atoms with E-state index >= 15 is 0 Å². The van der Waals surface area contributed by atoms with Gasteiger partial charge in [-0.3, -0.25) is 9.59 Å². The molecule has 94 valence electrons. The summed E-state index contributed by atoms with van der Waals surface area (Å²) in [5, 5.41) is 15.5. The first-order valence-corrected chi connectivity index (χ1v) is 5.07. The van der Waals surface area contributed by atoms with Crippen LogP contribution < -0.4 is 5.73 Å². The summed E-state index contributed by atoms with van der Waals surface area (Å²) in [4.78, 5) is 24.0. The monoisotopic (exact) mass is 242 g/mol. The van der Waals surface area contributed by atoms with E-state index < -0.39 is 17.8 Å². The Kier molecular flexibility index (Phi) is 4.02. The molecule has 17 heavy (non-hydrogen) atoms. The van der Waals surface area contributed by atoms with Gasteiger partial charge in [0.25, 0.3) is 5.91 Å². The number of carbonyl (C=O) groups excluding carboxylic acids is 1. The Labute approximate surface area is 97.3 Å². The Morgan fingerprint density at radius 1 is 1.53 bits per heavy atom. The molecule has 0 aromatic carbocycles. The lowest BCUT2D eigenvalue weighted by Gasteiger charge is -2.21. The highest BCUT2D eigenvalue weighted by Gasteiger charge is 2.24. The number of nitrogens with zero attached hydrogens (tertiary/aromatic N) is 3. The molecule has 0 spiro atoms. The number of carboxylic acid groups (broad SMARTS) is 1. The standard InChI is InChI=1S/C9H14N4O4/c1-3-13(4-5(2)9(15)16)8(14)6-7(10)12-17-11-6/h5H,3-4H2,1-2H3,(H2,10,12)(H,15,16). The van der Waals surface area contributed by atoms with Crippen molar-refractivity contribution in [2.75, 3.05) is 18.8 Å². The third kappa shape index (κ3) is 2.92. The molecule has 1 aromatic heterocycles. The van der Waals surface area contributed by atoms with E-state index in [1.807, 2.05) is 0 Å². The van der Waals surface area contributed by atoms with Crippen LogP contribution in [0.2, 0.25) is 0 Å². The maximum absolute atomic E-state index is 11.9. The summed E-state index contributed by atoms with van der Waals surface area (Å²) >= 11 is 0. The molecule has 1 amide bonds. The van der Waals surface area contributed by atoms with Crippen LogP contribution in [0.15, 0.2) is 4.63 Å². The maximum Gasteiger partial charge on any atom is 0.308 e. The lowest BCUT2D eigenvalue weighted by Crippen LogP contribution is -2.37. The highest BCUT2D eigenvalue weighted by atomic mass is 16.6. The van der Waals surface area contributed by atoms with Crippen LogP contribution >= 0.6 is 0 Å². The second kappa shape index (κ2) is 5.28. The van der Waals surface area contributed by atoms with Gasteiger partial charge in [-0.2, -0.15) is 0 Å². The molecule has 0 aliphatic heterocycles. The Balaban J connectivity index is 2.78. The molecule has 1 rings (SSSR count). The summed E-state index contributed by atoms with van der Waals surface area (Å²) in [6.07, 6.45) is 0. The zero-order valence-electron chi connectivity index (χ0n) is 9.58. The normalized spacial score (nSPS) is 12.1. The molecule has 1 heterocycles. The van der Waals surface area contributed by atoms with Crippen molar-refractivity contribution < 1.29 is 19.3 Å². The van der Waals surface area contributed by atoms with E-state index in [0.29, 0.717) is 6.54 Å². The van der Waals surface area contributed by atoms with Crippen molar-refractivity contribution in [3.05, 3.63) is 5.69 Å². The first-order valence-electron chi connectivity index (χ1n) is 5.07. The van der Waals surface area contributed by atoms with E-state index in [0.717, 1.165) is 0 Å². The summed E-state index contributed by atoms with van der Waals surface area (Å²) in [6, 6.07) is 0. The zero-order valence-corrected chi connectivity index (χ0v) is 9.58. The van der Waals surface area contributed by atoms with E-state index in [-0.39, 0.29) is 18.1 Å². The molecule has 1 unspecified atom stereocenters. The Bertz CT molecular complexity index is 417. The number of carboxylic acids is 1. The summed E-state index contributed by atoms with van der Waals surface area (Å²) in [5.41, 5.74) is 5.30. The van der Waals surface area contributed by atoms with Crippen molar-refractivity contribution in [3.63, 3.8) is 0 Å². The van der Waals surface area contributed by atoms with Gasteiger partial charge in [0.2, 0.25) is 11.5 Å². The fraction of sp³-hybridized carbons (Fsp3) is 0.556. The molecule has 3 N–H and O–H groups in total. The van der Waals surface area contributed by atoms with Gasteiger partial charge in [0, 0.05) is 13.1 Å². The van der Waals surface area contributed by atoms with Gasteiger partial charge < -0.3 is 15.7 Å². The SMILES string of the molecule is CCN(CC(C)C(=O)O)C(=O)c1nonc1N. The van der Waals surface area contributed by atoms with Crippen molar-refractivity contribution >= 4 is 17.7 Å². The Morgan fingerprint density at radius 2 is 2.18 bits per heavy atom. The first-order chi connectivity index (χ1) is 7.97. The number of nitrogen functional groups attached to an aromatic ring is 1. The van der Waals surface area contributed by atoms with E-state index in [2.05, 4.69) is 14.9 Å². The van der Waals surface area contributed by atoms with Gasteiger partial charge in [-0.25, -0.2) is 4.63 Å². The number of nitrogens with two attached hydrogens (primary N) is 1. The molecule has 8 heteroatoms. The van der Waals surface area contributed by atoms with Crippen LogP contribution in [0.4, 0.5) is 5.82 Å². The molecule has 0 saturated carbocycles. The smallest absolute Gasteiger partial charge is 0.308 e. The molecule has 1 aromatic rings. The molecule has 0 radical (unpaired) electrons. The van der Waals surface area contributed by atoms with Crippen molar-refractivity contribution in [3.8, 4) is 0 Å². The highest BCUT2D eigenvalue weighted by Crippen LogP contribution is 2.10. The topological polar surface area (TPSA) is 123 Å². The van der Waals surface area contributed by atoms with Crippen molar-refractivity contribution in [1.82, 2.24) is 15.2 Å². The fourth-order valence-electron chi connectivity index (χ4n) is 1.26. The van der Waals surface area contributed by atoms with Crippen molar-refractivity contribution in [2.45, 2.75) is 13.8 Å². The number of aliphatic carboxylic acids is 1. The van der Waals surface area contributed by atoms with Gasteiger partial charge in [-0.05, 0) is 17.2 Å². The van der Waals surface area contributed by atoms with Crippen molar-refractivity contribution in [2.24, 2.45) is 5.92 Å². The minimum absolute atomic E-state index is 0.0803. The minimum atomic E-state index is -0.970. The largest absolute Gasteiger partial charge is 0.481 e. The van der Waals surface area contributed by atoms with Crippen LogP contribution in [0.1, 0.15) is 24.3 Å².